The van der Waals surface area contributed by atoms with E-state index in [4.69, 9.17) is 10.00 Å². The lowest BCUT2D eigenvalue weighted by atomic mass is 10.0. The van der Waals surface area contributed by atoms with Crippen LogP contribution in [0.5, 0.6) is 11.5 Å². The van der Waals surface area contributed by atoms with Gasteiger partial charge < -0.3 is 4.74 Å². The summed E-state index contributed by atoms with van der Waals surface area (Å²) in [5.74, 6) is 0.0120. The van der Waals surface area contributed by atoms with Crippen molar-refractivity contribution in [1.82, 2.24) is 10.2 Å². The summed E-state index contributed by atoms with van der Waals surface area (Å²) in [5, 5.41) is 15.3. The quantitative estimate of drug-likeness (QED) is 0.777. The minimum absolute atomic E-state index is 0.110. The Kier molecular flexibility index (Phi) is 4.81. The lowest BCUT2D eigenvalue weighted by Crippen LogP contribution is -2.13. The SMILES string of the molecule is Cc1ccc(Cc2cc(C)c(=O)[nH]n2)c(F)c1Oc1cccc(C#N)c1. The Morgan fingerprint density at radius 3 is 2.73 bits per heavy atom. The Bertz CT molecular complexity index is 1070. The van der Waals surface area contributed by atoms with E-state index >= 15 is 0 Å². The van der Waals surface area contributed by atoms with Gasteiger partial charge in [0.15, 0.2) is 11.6 Å². The fourth-order valence-corrected chi connectivity index (χ4v) is 2.55. The summed E-state index contributed by atoms with van der Waals surface area (Å²) in [7, 11) is 0. The number of hydrogen-bond acceptors (Lipinski definition) is 4. The van der Waals surface area contributed by atoms with Crippen LogP contribution in [0.4, 0.5) is 4.39 Å². The first-order valence-electron chi connectivity index (χ1n) is 7.99. The maximum absolute atomic E-state index is 15.0. The summed E-state index contributed by atoms with van der Waals surface area (Å²) in [4.78, 5) is 11.4. The van der Waals surface area contributed by atoms with Crippen molar-refractivity contribution in [2.45, 2.75) is 20.3 Å². The zero-order chi connectivity index (χ0) is 18.7. The summed E-state index contributed by atoms with van der Waals surface area (Å²) in [5.41, 5.74) is 2.29. The van der Waals surface area contributed by atoms with Crippen LogP contribution < -0.4 is 10.3 Å². The lowest BCUT2D eigenvalue weighted by molar-refractivity contribution is 0.435. The summed E-state index contributed by atoms with van der Waals surface area (Å²) >= 11 is 0. The molecular weight excluding hydrogens is 333 g/mol. The number of nitrogens with zero attached hydrogens (tertiary/aromatic N) is 2. The fourth-order valence-electron chi connectivity index (χ4n) is 2.55. The van der Waals surface area contributed by atoms with Crippen LogP contribution in [0.1, 0.15) is 27.9 Å². The summed E-state index contributed by atoms with van der Waals surface area (Å²) in [6.07, 6.45) is 0.221. The molecule has 1 aromatic heterocycles. The van der Waals surface area contributed by atoms with Crippen molar-refractivity contribution in [2.75, 3.05) is 0 Å². The van der Waals surface area contributed by atoms with Crippen LogP contribution in [0.25, 0.3) is 0 Å². The number of hydrogen-bond donors (Lipinski definition) is 1. The van der Waals surface area contributed by atoms with E-state index in [-0.39, 0.29) is 17.7 Å². The van der Waals surface area contributed by atoms with E-state index < -0.39 is 5.82 Å². The molecule has 1 N–H and O–H groups in total. The zero-order valence-corrected chi connectivity index (χ0v) is 14.3. The molecule has 0 saturated heterocycles. The van der Waals surface area contributed by atoms with E-state index in [0.29, 0.717) is 33.7 Å². The standard InChI is InChI=1S/C20H16FN3O2/c1-12-6-7-15(10-16-8-13(2)20(25)24-23-16)18(21)19(12)26-17-5-3-4-14(9-17)11-22/h3-9H,10H2,1-2H3,(H,24,25). The van der Waals surface area contributed by atoms with Gasteiger partial charge in [-0.25, -0.2) is 9.49 Å². The van der Waals surface area contributed by atoms with Crippen molar-refractivity contribution in [3.8, 4) is 17.6 Å². The van der Waals surface area contributed by atoms with Crippen LogP contribution >= 0.6 is 0 Å². The molecule has 0 radical (unpaired) electrons. The van der Waals surface area contributed by atoms with Gasteiger partial charge in [-0.3, -0.25) is 4.79 Å². The van der Waals surface area contributed by atoms with Crippen LogP contribution in [0, 0.1) is 31.0 Å². The number of aromatic amines is 1. The van der Waals surface area contributed by atoms with Crippen molar-refractivity contribution in [3.63, 3.8) is 0 Å². The van der Waals surface area contributed by atoms with Gasteiger partial charge in [-0.15, -0.1) is 0 Å². The number of halogens is 1. The molecule has 0 fully saturated rings. The Hall–Kier alpha value is -3.46. The molecule has 3 aromatic rings. The predicted molar refractivity (Wildman–Crippen MR) is 94.8 cm³/mol. The van der Waals surface area contributed by atoms with E-state index in [9.17, 15) is 9.18 Å². The molecule has 0 aliphatic rings. The number of ether oxygens (including phenoxy) is 1. The Morgan fingerprint density at radius 2 is 2.00 bits per heavy atom. The molecule has 0 aliphatic carbocycles. The highest BCUT2D eigenvalue weighted by Crippen LogP contribution is 2.31. The largest absolute Gasteiger partial charge is 0.454 e. The van der Waals surface area contributed by atoms with E-state index in [1.165, 1.54) is 0 Å². The molecule has 0 bridgehead atoms. The van der Waals surface area contributed by atoms with E-state index in [0.717, 1.165) is 0 Å². The third kappa shape index (κ3) is 3.62. The first kappa shape index (κ1) is 17.4. The number of benzene rings is 2. The monoisotopic (exact) mass is 349 g/mol. The third-order valence-corrected chi connectivity index (χ3v) is 3.97. The molecule has 2 aromatic carbocycles. The molecule has 3 rings (SSSR count). The molecular formula is C20H16FN3O2. The van der Waals surface area contributed by atoms with Crippen molar-refractivity contribution in [1.29, 1.82) is 5.26 Å². The van der Waals surface area contributed by atoms with E-state index in [2.05, 4.69) is 10.2 Å². The minimum Gasteiger partial charge on any atom is -0.454 e. The van der Waals surface area contributed by atoms with Crippen molar-refractivity contribution >= 4 is 0 Å². The van der Waals surface area contributed by atoms with Gasteiger partial charge in [0.1, 0.15) is 5.75 Å². The average molecular weight is 349 g/mol. The minimum atomic E-state index is -0.488. The zero-order valence-electron chi connectivity index (χ0n) is 14.3. The van der Waals surface area contributed by atoms with E-state index in [1.807, 2.05) is 6.07 Å². The lowest BCUT2D eigenvalue weighted by Gasteiger charge is -2.13. The molecule has 0 unspecified atom stereocenters. The van der Waals surface area contributed by atoms with Crippen LogP contribution in [-0.4, -0.2) is 10.2 Å². The number of nitriles is 1. The van der Waals surface area contributed by atoms with Gasteiger partial charge in [0, 0.05) is 12.0 Å². The second-order valence-corrected chi connectivity index (χ2v) is 5.97. The van der Waals surface area contributed by atoms with Crippen molar-refractivity contribution < 1.29 is 9.13 Å². The van der Waals surface area contributed by atoms with Gasteiger partial charge in [0.25, 0.3) is 5.56 Å². The van der Waals surface area contributed by atoms with Crippen LogP contribution in [0.3, 0.4) is 0 Å². The number of H-pyrrole nitrogens is 1. The van der Waals surface area contributed by atoms with Gasteiger partial charge in [-0.2, -0.15) is 10.4 Å². The van der Waals surface area contributed by atoms with Crippen molar-refractivity contribution in [2.24, 2.45) is 0 Å². The van der Waals surface area contributed by atoms with Crippen molar-refractivity contribution in [3.05, 3.63) is 86.6 Å². The maximum atomic E-state index is 15.0. The van der Waals surface area contributed by atoms with Gasteiger partial charge in [-0.05, 0) is 49.2 Å². The molecule has 1 heterocycles. The second kappa shape index (κ2) is 7.19. The Balaban J connectivity index is 1.94. The van der Waals surface area contributed by atoms with Gasteiger partial charge in [0.05, 0.1) is 17.3 Å². The number of aromatic nitrogens is 2. The highest BCUT2D eigenvalue weighted by molar-refractivity contribution is 5.44. The molecule has 130 valence electrons. The topological polar surface area (TPSA) is 78.8 Å². The summed E-state index contributed by atoms with van der Waals surface area (Å²) in [6, 6.07) is 13.6. The fraction of sp³-hybridized carbons (Fsp3) is 0.150. The smallest absolute Gasteiger partial charge is 0.267 e. The number of aryl methyl sites for hydroxylation is 2. The van der Waals surface area contributed by atoms with Crippen LogP contribution in [-0.2, 0) is 6.42 Å². The molecule has 0 saturated carbocycles. The Morgan fingerprint density at radius 1 is 1.19 bits per heavy atom. The molecule has 6 heteroatoms. The molecule has 0 aliphatic heterocycles. The average Bonchev–Trinajstić information content (AvgIpc) is 2.64. The molecule has 26 heavy (non-hydrogen) atoms. The molecule has 0 atom stereocenters. The number of rotatable bonds is 4. The number of nitrogens with one attached hydrogen (secondary N) is 1. The van der Waals surface area contributed by atoms with Crippen LogP contribution in [0.2, 0.25) is 0 Å². The Labute approximate surface area is 149 Å². The molecule has 5 nitrogen and oxygen atoms in total. The third-order valence-electron chi connectivity index (χ3n) is 3.97. The summed E-state index contributed by atoms with van der Waals surface area (Å²) in [6.45, 7) is 3.42. The highest BCUT2D eigenvalue weighted by atomic mass is 19.1. The van der Waals surface area contributed by atoms with Gasteiger partial charge in [0.2, 0.25) is 0 Å². The normalized spacial score (nSPS) is 10.4. The molecule has 0 amide bonds. The first-order chi connectivity index (χ1) is 12.5. The maximum Gasteiger partial charge on any atom is 0.267 e. The van der Waals surface area contributed by atoms with Crippen LogP contribution in [0.15, 0.2) is 47.3 Å². The van der Waals surface area contributed by atoms with Gasteiger partial charge in [-0.1, -0.05) is 18.2 Å². The van der Waals surface area contributed by atoms with Gasteiger partial charge >= 0.3 is 0 Å². The summed E-state index contributed by atoms with van der Waals surface area (Å²) < 4.78 is 20.7. The second-order valence-electron chi connectivity index (χ2n) is 5.97. The first-order valence-corrected chi connectivity index (χ1v) is 7.99. The predicted octanol–water partition coefficient (Wildman–Crippen LogP) is 3.78. The van der Waals surface area contributed by atoms with E-state index in [1.54, 1.807) is 56.3 Å². The highest BCUT2D eigenvalue weighted by Gasteiger charge is 2.15. The molecule has 0 spiro atoms.